The molecule has 36 nitrogen and oxygen atoms in total. The summed E-state index contributed by atoms with van der Waals surface area (Å²) in [5.41, 5.74) is 40.5. The van der Waals surface area contributed by atoms with Crippen molar-refractivity contribution in [2.45, 2.75) is 123 Å². The van der Waals surface area contributed by atoms with Crippen molar-refractivity contribution in [2.24, 2.45) is 17.4 Å². The number of primary amides is 2. The minimum Gasteiger partial charge on any atom is -0.382 e. The molecular weight excluding hydrogens is 1880 g/mol. The standard InChI is InChI=1S/C25H22N6O.C24H20N8.C24H23N5O2.C21H18N6O.C20H18N6O/c1-15-14-30(20-8-6-19(26-4)7-9-20)24-16(2)21(18-5-12-23(32)27-13-18)10-11-22(24)31-17(3)28-29-25(15)31;1-15-29-30-23-24(9-10-24)14-31(18-6-4-17(26-2)5-7-18)21-11-16(3-8-20(21)32(15)23)19-12-28-22(25)13-27-19;1-15-12-28(20-7-5-19(25-3)6-8-20)22-11-18(23(30)10-17-13-31-14-17)4-9-21(22)29-16(2)26-27-24(15)29;1-13-24-25-20-21(9-10-21)12-26(16-6-4-15(23-2)5-7-16)18-11-14(19(22)28)3-8-17(18)27(13)20;1-12-11-25(15-9-7-14(22-3)8-10-15)18-16(19(21)27)5-4-6-17(18)26-13(2)23-24-20(12)26/h5-13,15H,14H2,1-3H3,(H,27,32);3-8,11-13H,9-10,14H2,1H3,(H2,25,28);4-9,11,15,17H,10,12-14H2,1-2H3;3-8,11H,9-10,12H2,1H3,(H2,22,28);4-10,12H,11H2,1-2H3,(H2,21,27)/t15-;;15-;;12-/m1.1.1/s1. The summed E-state index contributed by atoms with van der Waals surface area (Å²) in [4.78, 5) is 88.6. The minimum atomic E-state index is -0.489. The lowest BCUT2D eigenvalue weighted by Crippen LogP contribution is -2.29. The number of aromatic amines is 1. The number of fused-ring (bicyclic) bond motifs is 17. The first-order valence-corrected chi connectivity index (χ1v) is 49.2. The Labute approximate surface area is 863 Å². The zero-order valence-corrected chi connectivity index (χ0v) is 83.7. The van der Waals surface area contributed by atoms with Crippen LogP contribution in [0.1, 0.15) is 166 Å². The molecule has 1 saturated heterocycles. The van der Waals surface area contributed by atoms with Crippen molar-refractivity contribution in [2.75, 3.05) is 76.2 Å². The molecule has 36 heteroatoms. The van der Waals surface area contributed by atoms with Crippen LogP contribution in [0.2, 0.25) is 0 Å². The van der Waals surface area contributed by atoms with E-state index in [2.05, 4.69) is 185 Å². The third-order valence-electron chi connectivity index (χ3n) is 29.0. The predicted molar refractivity (Wildman–Crippen MR) is 573 cm³/mol. The number of nitrogens with two attached hydrogens (primary N) is 3. The van der Waals surface area contributed by atoms with Crippen molar-refractivity contribution in [3.8, 4) is 50.8 Å². The molecule has 3 atom stereocenters. The van der Waals surface area contributed by atoms with E-state index in [9.17, 15) is 19.2 Å². The number of pyridine rings is 1. The fraction of sp³-hybridized carbons (Fsp3) is 0.237. The fourth-order valence-corrected chi connectivity index (χ4v) is 20.8. The first kappa shape index (κ1) is 96.9. The minimum absolute atomic E-state index is 0.0279. The highest BCUT2D eigenvalue weighted by molar-refractivity contribution is 6.03. The Hall–Kier alpha value is -19.2. The van der Waals surface area contributed by atoms with Crippen LogP contribution in [-0.2, 0) is 15.6 Å². The van der Waals surface area contributed by atoms with E-state index >= 15 is 0 Å². The molecule has 2 spiro atoms. The van der Waals surface area contributed by atoms with Crippen LogP contribution in [0.5, 0.6) is 0 Å². The third-order valence-corrected chi connectivity index (χ3v) is 29.0. The molecular formula is C114H101N31O5. The van der Waals surface area contributed by atoms with Crippen LogP contribution in [0, 0.1) is 80.3 Å². The molecule has 7 aromatic heterocycles. The number of benzene rings is 10. The van der Waals surface area contributed by atoms with Crippen molar-refractivity contribution in [1.29, 1.82) is 0 Å². The van der Waals surface area contributed by atoms with Gasteiger partial charge in [0.25, 0.3) is 5.91 Å². The van der Waals surface area contributed by atoms with Gasteiger partial charge in [0.05, 0.1) is 127 Å². The number of aromatic nitrogens is 18. The molecule has 2 aliphatic carbocycles. The number of ether oxygens (including phenoxy) is 1. The highest BCUT2D eigenvalue weighted by Gasteiger charge is 2.54. The smallest absolute Gasteiger partial charge is 0.250 e. The van der Waals surface area contributed by atoms with E-state index in [1.54, 1.807) is 48.9 Å². The van der Waals surface area contributed by atoms with E-state index in [4.69, 9.17) is 54.8 Å². The number of amides is 2. The molecule has 0 radical (unpaired) electrons. The molecule has 150 heavy (non-hydrogen) atoms. The van der Waals surface area contributed by atoms with Gasteiger partial charge in [-0.3, -0.25) is 47.0 Å². The van der Waals surface area contributed by atoms with Crippen LogP contribution in [0.4, 0.5) is 91.1 Å². The molecule has 2 amide bonds. The van der Waals surface area contributed by atoms with E-state index in [1.807, 2.05) is 203 Å². The van der Waals surface area contributed by atoms with Gasteiger partial charge >= 0.3 is 0 Å². The summed E-state index contributed by atoms with van der Waals surface area (Å²) in [5, 5.41) is 44.0. The summed E-state index contributed by atoms with van der Waals surface area (Å²) in [5.74, 6) is 9.01. The average molecular weight is 1990 g/mol. The van der Waals surface area contributed by atoms with Crippen molar-refractivity contribution in [3.05, 3.63) is 385 Å². The Kier molecular flexibility index (Phi) is 25.4. The molecule has 742 valence electrons. The third kappa shape index (κ3) is 18.0. The number of anilines is 11. The number of H-pyrrole nitrogens is 1. The van der Waals surface area contributed by atoms with Gasteiger partial charge in [-0.05, 0) is 217 Å². The normalized spacial score (nSPS) is 16.0. The van der Waals surface area contributed by atoms with Crippen LogP contribution >= 0.6 is 0 Å². The topological polar surface area (TPSA) is 389 Å². The number of nitrogens with zero attached hydrogens (tertiary/aromatic N) is 27. The lowest BCUT2D eigenvalue weighted by Gasteiger charge is -2.29. The summed E-state index contributed by atoms with van der Waals surface area (Å²) in [6.45, 7) is 59.2. The quantitative estimate of drug-likeness (QED) is 0.0652. The number of nitrogens with one attached hydrogen (secondary N) is 1. The Morgan fingerprint density at radius 2 is 0.793 bits per heavy atom. The van der Waals surface area contributed by atoms with Gasteiger partial charge in [0.15, 0.2) is 34.2 Å². The number of carbonyl (C=O) groups excluding carboxylic acids is 3. The van der Waals surface area contributed by atoms with E-state index < -0.39 is 11.8 Å². The van der Waals surface area contributed by atoms with Crippen LogP contribution in [0.3, 0.4) is 0 Å². The van der Waals surface area contributed by atoms with Gasteiger partial charge in [-0.2, -0.15) is 0 Å². The van der Waals surface area contributed by atoms with Gasteiger partial charge < -0.3 is 51.4 Å². The summed E-state index contributed by atoms with van der Waals surface area (Å²) in [7, 11) is 0. The fourth-order valence-electron chi connectivity index (χ4n) is 20.8. The molecule has 10 aromatic carbocycles. The lowest BCUT2D eigenvalue weighted by atomic mass is 9.96. The second-order valence-corrected chi connectivity index (χ2v) is 39.0. The van der Waals surface area contributed by atoms with E-state index in [0.717, 1.165) is 217 Å². The first-order valence-electron chi connectivity index (χ1n) is 49.2. The molecule has 0 bridgehead atoms. The summed E-state index contributed by atoms with van der Waals surface area (Å²) < 4.78 is 15.7. The van der Waals surface area contributed by atoms with Gasteiger partial charge in [0.1, 0.15) is 64.1 Å². The highest BCUT2D eigenvalue weighted by Crippen LogP contribution is 2.57. The largest absolute Gasteiger partial charge is 0.382 e. The number of aryl methyl sites for hydroxylation is 5. The number of Topliss-reactive ketones (excluding diaryl/α,β-unsaturated/α-hetero) is 1. The average Bonchev–Trinajstić information content (AvgIpc) is 1.55. The number of hydrogen-bond acceptors (Lipinski definition) is 23. The molecule has 13 heterocycles. The van der Waals surface area contributed by atoms with E-state index in [1.165, 1.54) is 0 Å². The predicted octanol–water partition coefficient (Wildman–Crippen LogP) is 20.9. The Morgan fingerprint density at radius 3 is 1.23 bits per heavy atom. The van der Waals surface area contributed by atoms with E-state index in [-0.39, 0.29) is 39.9 Å². The number of para-hydroxylation sites is 1. The van der Waals surface area contributed by atoms with Crippen LogP contribution in [0.25, 0.3) is 75.0 Å². The molecule has 17 aromatic rings. The van der Waals surface area contributed by atoms with Gasteiger partial charge in [0, 0.05) is 131 Å². The maximum atomic E-state index is 12.9. The highest BCUT2D eigenvalue weighted by atomic mass is 16.5. The van der Waals surface area contributed by atoms with Gasteiger partial charge in [0.2, 0.25) is 11.5 Å². The van der Waals surface area contributed by atoms with Gasteiger partial charge in [-0.15, -0.1) is 51.0 Å². The molecule has 8 aliphatic rings. The lowest BCUT2D eigenvalue weighted by molar-refractivity contribution is -0.0321. The van der Waals surface area contributed by atoms with Crippen LogP contribution in [0.15, 0.2) is 242 Å². The molecule has 25 rings (SSSR count). The molecule has 0 unspecified atom stereocenters. The summed E-state index contributed by atoms with van der Waals surface area (Å²) in [6, 6.07) is 68.6. The van der Waals surface area contributed by atoms with Gasteiger partial charge in [-0.25, -0.2) is 29.2 Å². The van der Waals surface area contributed by atoms with Crippen molar-refractivity contribution in [1.82, 2.24) is 88.8 Å². The van der Waals surface area contributed by atoms with Crippen LogP contribution in [-0.4, -0.2) is 152 Å². The van der Waals surface area contributed by atoms with Crippen LogP contribution < -0.4 is 47.3 Å². The zero-order chi connectivity index (χ0) is 104. The maximum absolute atomic E-state index is 12.9. The Balaban J connectivity index is 0.000000110. The number of nitrogen functional groups attached to an aromatic ring is 1. The molecule has 2 saturated carbocycles. The van der Waals surface area contributed by atoms with Gasteiger partial charge in [-0.1, -0.05) is 99.6 Å². The molecule has 3 fully saturated rings. The van der Waals surface area contributed by atoms with Crippen molar-refractivity contribution in [3.63, 3.8) is 0 Å². The van der Waals surface area contributed by atoms with Crippen molar-refractivity contribution >= 4 is 109 Å². The maximum Gasteiger partial charge on any atom is 0.250 e. The first-order chi connectivity index (χ1) is 72.6. The summed E-state index contributed by atoms with van der Waals surface area (Å²) >= 11 is 0. The SMILES string of the molecule is [C-]#[N+]c1ccc(N2CC3(CC3)c3nnc(C)n3-c3ccc(-c4cnc(N)cn4)cc32)cc1.[C-]#[N+]c1ccc(N2CC3(CC3)c3nnc(C)n3-c3ccc(C(N)=O)cc32)cc1.[C-]#[N+]c1ccc(N2C[C@@H](C)c3nnc(C)n3-c3ccc(-c4ccc(=O)[nH]c4)c(C)c32)cc1.[C-]#[N+]c1ccc(N2C[C@@H](C)c3nnc(C)n3-c3ccc(C(=O)CC4COC4)cc32)cc1.[C-]#[N+]c1ccc(N2C[C@@H](C)c3nnc(C)n3-c3cccc(C(N)=O)c32)cc1. The molecule has 7 N–H and O–H groups in total. The number of ketones is 1. The Morgan fingerprint density at radius 1 is 0.400 bits per heavy atom. The summed E-state index contributed by atoms with van der Waals surface area (Å²) in [6.07, 6.45) is 9.76. The zero-order valence-electron chi connectivity index (χ0n) is 83.7. The second-order valence-electron chi connectivity index (χ2n) is 39.0. The second kappa shape index (κ2) is 39.4. The number of hydrogen-bond donors (Lipinski definition) is 4. The number of carbonyl (C=O) groups is 3. The Bertz CT molecular complexity index is 8480. The van der Waals surface area contributed by atoms with Crippen molar-refractivity contribution < 1.29 is 19.1 Å². The number of rotatable bonds is 12. The van der Waals surface area contributed by atoms with E-state index in [0.29, 0.717) is 89.6 Å². The molecule has 6 aliphatic heterocycles. The monoisotopic (exact) mass is 1980 g/mol.